The van der Waals surface area contributed by atoms with E-state index in [0.29, 0.717) is 11.3 Å². The number of hydrogen-bond acceptors (Lipinski definition) is 4. The minimum Gasteiger partial charge on any atom is -0.496 e. The second-order valence-corrected chi connectivity index (χ2v) is 5.74. The Balaban J connectivity index is 1.99. The SMILES string of the molecule is COc1ccc(C)cc1CC(=O)O[C@H](C)C(=O)Nc1cc(F)ccc1F. The van der Waals surface area contributed by atoms with Gasteiger partial charge in [0.2, 0.25) is 0 Å². The van der Waals surface area contributed by atoms with Crippen LogP contribution in [0.15, 0.2) is 36.4 Å². The van der Waals surface area contributed by atoms with Gasteiger partial charge in [-0.2, -0.15) is 0 Å². The highest BCUT2D eigenvalue weighted by molar-refractivity contribution is 5.95. The van der Waals surface area contributed by atoms with E-state index < -0.39 is 29.6 Å². The topological polar surface area (TPSA) is 64.6 Å². The highest BCUT2D eigenvalue weighted by atomic mass is 19.1. The molecule has 26 heavy (non-hydrogen) atoms. The first kappa shape index (κ1) is 19.4. The van der Waals surface area contributed by atoms with Crippen molar-refractivity contribution >= 4 is 17.6 Å². The summed E-state index contributed by atoms with van der Waals surface area (Å²) in [5.41, 5.74) is 1.25. The fourth-order valence-electron chi connectivity index (χ4n) is 2.32. The van der Waals surface area contributed by atoms with Gasteiger partial charge in [-0.15, -0.1) is 0 Å². The molecule has 1 N–H and O–H groups in total. The number of carbonyl (C=O) groups is 2. The number of hydrogen-bond donors (Lipinski definition) is 1. The summed E-state index contributed by atoms with van der Waals surface area (Å²) in [5.74, 6) is -2.36. The molecule has 2 aromatic rings. The molecule has 0 aliphatic heterocycles. The quantitative estimate of drug-likeness (QED) is 0.799. The molecule has 5 nitrogen and oxygen atoms in total. The summed E-state index contributed by atoms with van der Waals surface area (Å²) in [6.45, 7) is 3.22. The van der Waals surface area contributed by atoms with E-state index in [2.05, 4.69) is 5.32 Å². The maximum atomic E-state index is 13.6. The number of anilines is 1. The molecule has 1 amide bonds. The lowest BCUT2D eigenvalue weighted by Gasteiger charge is -2.15. The van der Waals surface area contributed by atoms with Gasteiger partial charge >= 0.3 is 5.97 Å². The van der Waals surface area contributed by atoms with Crippen molar-refractivity contribution in [3.05, 3.63) is 59.2 Å². The molecule has 1 atom stereocenters. The van der Waals surface area contributed by atoms with Gasteiger partial charge in [0.1, 0.15) is 17.4 Å². The van der Waals surface area contributed by atoms with Crippen molar-refractivity contribution in [2.45, 2.75) is 26.4 Å². The summed E-state index contributed by atoms with van der Waals surface area (Å²) < 4.78 is 37.0. The number of amides is 1. The lowest BCUT2D eigenvalue weighted by Crippen LogP contribution is -2.30. The second kappa shape index (κ2) is 8.42. The van der Waals surface area contributed by atoms with Crippen LogP contribution in [0.5, 0.6) is 5.75 Å². The Morgan fingerprint density at radius 1 is 1.15 bits per heavy atom. The molecular weight excluding hydrogens is 344 g/mol. The molecule has 0 aliphatic carbocycles. The molecule has 0 aromatic heterocycles. The first-order chi connectivity index (χ1) is 12.3. The molecule has 0 aliphatic rings. The number of benzene rings is 2. The number of rotatable bonds is 6. The van der Waals surface area contributed by atoms with Gasteiger partial charge in [-0.3, -0.25) is 9.59 Å². The third kappa shape index (κ3) is 5.02. The van der Waals surface area contributed by atoms with Crippen LogP contribution in [0.4, 0.5) is 14.5 Å². The number of esters is 1. The van der Waals surface area contributed by atoms with E-state index in [1.807, 2.05) is 13.0 Å². The minimum absolute atomic E-state index is 0.0865. The number of methoxy groups -OCH3 is 1. The molecule has 0 bridgehead atoms. The zero-order chi connectivity index (χ0) is 19.3. The van der Waals surface area contributed by atoms with E-state index in [0.717, 1.165) is 23.8 Å². The number of ether oxygens (including phenoxy) is 2. The standard InChI is InChI=1S/C19H19F2NO4/c1-11-4-7-17(25-3)13(8-11)9-18(23)26-12(2)19(24)22-16-10-14(20)5-6-15(16)21/h4-8,10,12H,9H2,1-3H3,(H,22,24)/t12-/m1/s1. The van der Waals surface area contributed by atoms with Crippen LogP contribution in [-0.4, -0.2) is 25.1 Å². The van der Waals surface area contributed by atoms with Crippen LogP contribution in [-0.2, 0) is 20.7 Å². The molecule has 0 fully saturated rings. The van der Waals surface area contributed by atoms with Crippen molar-refractivity contribution in [2.24, 2.45) is 0 Å². The van der Waals surface area contributed by atoms with E-state index in [9.17, 15) is 18.4 Å². The van der Waals surface area contributed by atoms with Crippen molar-refractivity contribution in [1.82, 2.24) is 0 Å². The average molecular weight is 363 g/mol. The van der Waals surface area contributed by atoms with E-state index in [4.69, 9.17) is 9.47 Å². The van der Waals surface area contributed by atoms with Crippen molar-refractivity contribution in [1.29, 1.82) is 0 Å². The molecule has 2 rings (SSSR count). The summed E-state index contributed by atoms with van der Waals surface area (Å²) >= 11 is 0. The molecule has 0 unspecified atom stereocenters. The van der Waals surface area contributed by atoms with Crippen molar-refractivity contribution in [3.8, 4) is 5.75 Å². The third-order valence-electron chi connectivity index (χ3n) is 3.63. The van der Waals surface area contributed by atoms with Gasteiger partial charge in [0, 0.05) is 11.6 Å². The highest BCUT2D eigenvalue weighted by Crippen LogP contribution is 2.21. The fourth-order valence-corrected chi connectivity index (χ4v) is 2.32. The lowest BCUT2D eigenvalue weighted by molar-refractivity contribution is -0.152. The molecule has 0 spiro atoms. The average Bonchev–Trinajstić information content (AvgIpc) is 2.58. The van der Waals surface area contributed by atoms with Crippen LogP contribution < -0.4 is 10.1 Å². The van der Waals surface area contributed by atoms with Gasteiger partial charge in [-0.1, -0.05) is 17.7 Å². The smallest absolute Gasteiger partial charge is 0.311 e. The van der Waals surface area contributed by atoms with E-state index in [1.54, 1.807) is 12.1 Å². The normalized spacial score (nSPS) is 11.6. The predicted molar refractivity (Wildman–Crippen MR) is 92.0 cm³/mol. The Kier molecular flexibility index (Phi) is 6.27. The molecular formula is C19H19F2NO4. The maximum absolute atomic E-state index is 13.6. The lowest BCUT2D eigenvalue weighted by atomic mass is 10.1. The Bertz CT molecular complexity index is 823. The molecule has 138 valence electrons. The fraction of sp³-hybridized carbons (Fsp3) is 0.263. The van der Waals surface area contributed by atoms with Gasteiger partial charge in [-0.25, -0.2) is 8.78 Å². The largest absolute Gasteiger partial charge is 0.496 e. The Hall–Kier alpha value is -2.96. The molecule has 0 radical (unpaired) electrons. The molecule has 2 aromatic carbocycles. The number of aryl methyl sites for hydroxylation is 1. The molecule has 0 saturated carbocycles. The zero-order valence-electron chi connectivity index (χ0n) is 14.6. The van der Waals surface area contributed by atoms with Crippen LogP contribution >= 0.6 is 0 Å². The van der Waals surface area contributed by atoms with Gasteiger partial charge in [0.25, 0.3) is 5.91 Å². The van der Waals surface area contributed by atoms with Gasteiger partial charge in [-0.05, 0) is 32.0 Å². The van der Waals surface area contributed by atoms with Gasteiger partial charge < -0.3 is 14.8 Å². The van der Waals surface area contributed by atoms with Crippen molar-refractivity contribution in [2.75, 3.05) is 12.4 Å². The Labute approximate surface area is 149 Å². The number of nitrogens with one attached hydrogen (secondary N) is 1. The van der Waals surface area contributed by atoms with Crippen LogP contribution in [0.2, 0.25) is 0 Å². The van der Waals surface area contributed by atoms with Crippen LogP contribution in [0.25, 0.3) is 0 Å². The maximum Gasteiger partial charge on any atom is 0.311 e. The molecule has 0 saturated heterocycles. The second-order valence-electron chi connectivity index (χ2n) is 5.74. The Morgan fingerprint density at radius 3 is 2.58 bits per heavy atom. The van der Waals surface area contributed by atoms with Gasteiger partial charge in [0.05, 0.1) is 19.2 Å². The third-order valence-corrected chi connectivity index (χ3v) is 3.63. The summed E-state index contributed by atoms with van der Waals surface area (Å²) in [6.07, 6.45) is -1.27. The van der Waals surface area contributed by atoms with E-state index >= 15 is 0 Å². The minimum atomic E-state index is -1.18. The van der Waals surface area contributed by atoms with Crippen molar-refractivity contribution < 1.29 is 27.8 Å². The summed E-state index contributed by atoms with van der Waals surface area (Å²) in [4.78, 5) is 24.1. The monoisotopic (exact) mass is 363 g/mol. The first-order valence-electron chi connectivity index (χ1n) is 7.89. The summed E-state index contributed by atoms with van der Waals surface area (Å²) in [5, 5.41) is 2.20. The first-order valence-corrected chi connectivity index (χ1v) is 7.89. The van der Waals surface area contributed by atoms with Crippen LogP contribution in [0.1, 0.15) is 18.1 Å². The van der Waals surface area contributed by atoms with Gasteiger partial charge in [0.15, 0.2) is 6.10 Å². The number of halogens is 2. The summed E-state index contributed by atoms with van der Waals surface area (Å²) in [6, 6.07) is 8.04. The zero-order valence-corrected chi connectivity index (χ0v) is 14.6. The van der Waals surface area contributed by atoms with Crippen molar-refractivity contribution in [3.63, 3.8) is 0 Å². The van der Waals surface area contributed by atoms with Crippen LogP contribution in [0, 0.1) is 18.6 Å². The van der Waals surface area contributed by atoms with Crippen LogP contribution in [0.3, 0.4) is 0 Å². The molecule has 7 heteroatoms. The summed E-state index contributed by atoms with van der Waals surface area (Å²) in [7, 11) is 1.49. The highest BCUT2D eigenvalue weighted by Gasteiger charge is 2.20. The van der Waals surface area contributed by atoms with E-state index in [-0.39, 0.29) is 12.1 Å². The molecule has 0 heterocycles. The van der Waals surface area contributed by atoms with E-state index in [1.165, 1.54) is 14.0 Å². The number of carbonyl (C=O) groups excluding carboxylic acids is 2. The Morgan fingerprint density at radius 2 is 1.88 bits per heavy atom. The predicted octanol–water partition coefficient (Wildman–Crippen LogP) is 3.39.